The van der Waals surface area contributed by atoms with Crippen LogP contribution in [0.25, 0.3) is 0 Å². The highest BCUT2D eigenvalue weighted by atomic mass is 32.2. The molecule has 3 unspecified atom stereocenters. The molecule has 5 nitrogen and oxygen atoms in total. The van der Waals surface area contributed by atoms with Crippen LogP contribution < -0.4 is 0 Å². The molecule has 0 aromatic rings. The first kappa shape index (κ1) is 30.2. The molecule has 0 aliphatic heterocycles. The molecule has 1 aliphatic rings. The van der Waals surface area contributed by atoms with Gasteiger partial charge < -0.3 is 13.3 Å². The highest BCUT2D eigenvalue weighted by Gasteiger charge is 2.42. The fourth-order valence-corrected chi connectivity index (χ4v) is 9.11. The second-order valence-electron chi connectivity index (χ2n) is 8.45. The van der Waals surface area contributed by atoms with E-state index in [1.165, 1.54) is 42.8 Å². The van der Waals surface area contributed by atoms with E-state index in [1.807, 2.05) is 34.6 Å². The summed E-state index contributed by atoms with van der Waals surface area (Å²) in [5.41, 5.74) is 0. The lowest BCUT2D eigenvalue weighted by atomic mass is 9.71. The molecule has 0 heterocycles. The molecular formula is C24H46O5S2Si. The van der Waals surface area contributed by atoms with Crippen molar-refractivity contribution in [1.29, 1.82) is 0 Å². The molecular weight excluding hydrogens is 460 g/mol. The van der Waals surface area contributed by atoms with Crippen LogP contribution in [0.5, 0.6) is 0 Å². The monoisotopic (exact) mass is 506 g/mol. The molecule has 8 heteroatoms. The Labute approximate surface area is 206 Å². The highest BCUT2D eigenvalue weighted by molar-refractivity contribution is 8.13. The molecule has 1 fully saturated rings. The predicted octanol–water partition coefficient (Wildman–Crippen LogP) is 6.58. The lowest BCUT2D eigenvalue weighted by Gasteiger charge is -2.38. The average Bonchev–Trinajstić information content (AvgIpc) is 2.78. The minimum Gasteiger partial charge on any atom is -0.374 e. The van der Waals surface area contributed by atoms with E-state index in [0.29, 0.717) is 60.6 Å². The number of hydrogen-bond acceptors (Lipinski definition) is 7. The molecule has 32 heavy (non-hydrogen) atoms. The number of rotatable bonds is 17. The molecule has 3 atom stereocenters. The van der Waals surface area contributed by atoms with Crippen LogP contribution in [0.2, 0.25) is 6.04 Å². The van der Waals surface area contributed by atoms with Gasteiger partial charge in [0, 0.05) is 50.2 Å². The second-order valence-corrected chi connectivity index (χ2v) is 13.5. The van der Waals surface area contributed by atoms with E-state index in [0.717, 1.165) is 36.8 Å². The lowest BCUT2D eigenvalue weighted by Crippen LogP contribution is -2.46. The van der Waals surface area contributed by atoms with Crippen molar-refractivity contribution in [3.63, 3.8) is 0 Å². The van der Waals surface area contributed by atoms with Gasteiger partial charge >= 0.3 is 8.80 Å². The zero-order valence-corrected chi connectivity index (χ0v) is 23.6. The zero-order valence-electron chi connectivity index (χ0n) is 21.0. The largest absolute Gasteiger partial charge is 0.500 e. The van der Waals surface area contributed by atoms with Crippen LogP contribution in [0.3, 0.4) is 0 Å². The summed E-state index contributed by atoms with van der Waals surface area (Å²) in [5.74, 6) is 3.78. The second kappa shape index (κ2) is 17.6. The van der Waals surface area contributed by atoms with Crippen LogP contribution in [-0.2, 0) is 22.9 Å². The summed E-state index contributed by atoms with van der Waals surface area (Å²) < 4.78 is 18.2. The fraction of sp³-hybridized carbons (Fsp3) is 0.917. The Balaban J connectivity index is 2.73. The summed E-state index contributed by atoms with van der Waals surface area (Å²) >= 11 is 2.99. The van der Waals surface area contributed by atoms with Crippen LogP contribution in [0.1, 0.15) is 86.0 Å². The van der Waals surface area contributed by atoms with Crippen molar-refractivity contribution in [3.8, 4) is 0 Å². The molecule has 0 amide bonds. The average molecular weight is 507 g/mol. The van der Waals surface area contributed by atoms with E-state index in [4.69, 9.17) is 13.3 Å². The van der Waals surface area contributed by atoms with Crippen molar-refractivity contribution in [3.05, 3.63) is 0 Å². The van der Waals surface area contributed by atoms with Gasteiger partial charge in [0.05, 0.1) is 0 Å². The van der Waals surface area contributed by atoms with E-state index < -0.39 is 8.80 Å². The first-order valence-corrected chi connectivity index (χ1v) is 16.6. The summed E-state index contributed by atoms with van der Waals surface area (Å²) in [7, 11) is -2.62. The van der Waals surface area contributed by atoms with Gasteiger partial charge in [-0.25, -0.2) is 0 Å². The van der Waals surface area contributed by atoms with E-state index in [9.17, 15) is 9.59 Å². The predicted molar refractivity (Wildman–Crippen MR) is 139 cm³/mol. The van der Waals surface area contributed by atoms with Crippen molar-refractivity contribution in [2.75, 3.05) is 31.3 Å². The standard InChI is InChI=1S/C24H46O5S2Si/c1-6-23(25)30-16-13-20-11-12-21(22(19-20)14-17-31-24(26)7-2)15-18-32(27-8-3,28-9-4)29-10-5/h20-22H,6-19H2,1-5H3. The van der Waals surface area contributed by atoms with E-state index in [-0.39, 0.29) is 0 Å². The van der Waals surface area contributed by atoms with Gasteiger partial charge in [-0.1, -0.05) is 43.8 Å². The Morgan fingerprint density at radius 1 is 0.750 bits per heavy atom. The smallest absolute Gasteiger partial charge is 0.374 e. The Bertz CT molecular complexity index is 517. The van der Waals surface area contributed by atoms with Crippen molar-refractivity contribution in [2.45, 2.75) is 92.0 Å². The zero-order chi connectivity index (χ0) is 23.8. The Kier molecular flexibility index (Phi) is 16.5. The van der Waals surface area contributed by atoms with Crippen LogP contribution in [0, 0.1) is 17.8 Å². The van der Waals surface area contributed by atoms with Gasteiger partial charge in [-0.3, -0.25) is 9.59 Å². The third-order valence-electron chi connectivity index (χ3n) is 6.28. The molecule has 1 rings (SSSR count). The maximum atomic E-state index is 11.8. The van der Waals surface area contributed by atoms with Crippen molar-refractivity contribution in [2.24, 2.45) is 17.8 Å². The molecule has 0 N–H and O–H groups in total. The molecule has 0 bridgehead atoms. The summed E-state index contributed by atoms with van der Waals surface area (Å²) in [6.07, 6.45) is 8.15. The summed E-state index contributed by atoms with van der Waals surface area (Å²) in [5, 5.41) is 0.590. The van der Waals surface area contributed by atoms with Crippen LogP contribution >= 0.6 is 23.5 Å². The minimum atomic E-state index is -2.62. The Morgan fingerprint density at radius 3 is 1.78 bits per heavy atom. The van der Waals surface area contributed by atoms with Crippen LogP contribution in [0.4, 0.5) is 0 Å². The summed E-state index contributed by atoms with van der Waals surface area (Å²) in [6, 6.07) is 0.871. The van der Waals surface area contributed by atoms with E-state index >= 15 is 0 Å². The van der Waals surface area contributed by atoms with Crippen LogP contribution in [-0.4, -0.2) is 50.4 Å². The van der Waals surface area contributed by atoms with Crippen molar-refractivity contribution < 1.29 is 22.9 Å². The minimum absolute atomic E-state index is 0.291. The fourth-order valence-electron chi connectivity index (χ4n) is 4.65. The third kappa shape index (κ3) is 11.5. The highest BCUT2D eigenvalue weighted by Crippen LogP contribution is 2.42. The van der Waals surface area contributed by atoms with E-state index in [1.54, 1.807) is 0 Å². The molecule has 0 aromatic heterocycles. The SMILES string of the molecule is CCO[Si](CCC1CCC(CCSC(=O)CC)CC1CCSC(=O)CC)(OCC)OCC. The van der Waals surface area contributed by atoms with Crippen molar-refractivity contribution >= 4 is 42.6 Å². The first-order valence-electron chi connectivity index (χ1n) is 12.7. The lowest BCUT2D eigenvalue weighted by molar-refractivity contribution is -0.111. The first-order chi connectivity index (χ1) is 15.4. The maximum absolute atomic E-state index is 11.8. The van der Waals surface area contributed by atoms with Gasteiger partial charge in [-0.05, 0) is 70.6 Å². The van der Waals surface area contributed by atoms with Crippen molar-refractivity contribution in [1.82, 2.24) is 0 Å². The summed E-state index contributed by atoms with van der Waals surface area (Å²) in [6.45, 7) is 11.8. The molecule has 0 radical (unpaired) electrons. The van der Waals surface area contributed by atoms with Crippen LogP contribution in [0.15, 0.2) is 0 Å². The summed E-state index contributed by atoms with van der Waals surface area (Å²) in [4.78, 5) is 23.4. The Hall–Kier alpha value is 0.137. The van der Waals surface area contributed by atoms with Gasteiger partial charge in [0.1, 0.15) is 0 Å². The molecule has 0 aromatic carbocycles. The van der Waals surface area contributed by atoms with Gasteiger partial charge in [0.15, 0.2) is 10.2 Å². The van der Waals surface area contributed by atoms with Gasteiger partial charge in [-0.15, -0.1) is 0 Å². The number of carbonyl (C=O) groups excluding carboxylic acids is 2. The quantitative estimate of drug-likeness (QED) is 0.207. The molecule has 0 spiro atoms. The Morgan fingerprint density at radius 2 is 1.28 bits per heavy atom. The number of carbonyl (C=O) groups is 2. The number of hydrogen-bond donors (Lipinski definition) is 0. The normalized spacial score (nSPS) is 21.6. The topological polar surface area (TPSA) is 61.8 Å². The van der Waals surface area contributed by atoms with Gasteiger partial charge in [0.2, 0.25) is 0 Å². The maximum Gasteiger partial charge on any atom is 0.500 e. The number of thioether (sulfide) groups is 2. The molecule has 1 aliphatic carbocycles. The third-order valence-corrected chi connectivity index (χ3v) is 11.5. The molecule has 1 saturated carbocycles. The molecule has 0 saturated heterocycles. The van der Waals surface area contributed by atoms with Gasteiger partial charge in [0.25, 0.3) is 0 Å². The van der Waals surface area contributed by atoms with E-state index in [2.05, 4.69) is 0 Å². The van der Waals surface area contributed by atoms with Gasteiger partial charge in [-0.2, -0.15) is 0 Å². The molecule has 188 valence electrons.